The summed E-state index contributed by atoms with van der Waals surface area (Å²) in [6.07, 6.45) is 0.00260. The van der Waals surface area contributed by atoms with E-state index in [1.807, 2.05) is 13.8 Å². The highest BCUT2D eigenvalue weighted by Crippen LogP contribution is 2.29. The first-order chi connectivity index (χ1) is 15.9. The van der Waals surface area contributed by atoms with E-state index in [9.17, 15) is 9.59 Å². The lowest BCUT2D eigenvalue weighted by Crippen LogP contribution is -2.18. The number of benzene rings is 2. The van der Waals surface area contributed by atoms with Gasteiger partial charge in [-0.2, -0.15) is 0 Å². The van der Waals surface area contributed by atoms with Crippen LogP contribution >= 0.6 is 35.0 Å². The number of carbonyl (C=O) groups excluding carboxylic acids is 2. The van der Waals surface area contributed by atoms with Crippen LogP contribution in [-0.4, -0.2) is 38.9 Å². The van der Waals surface area contributed by atoms with Crippen molar-refractivity contribution in [1.82, 2.24) is 14.8 Å². The molecule has 0 bridgehead atoms. The maximum atomic E-state index is 12.5. The third-order valence-electron chi connectivity index (χ3n) is 4.44. The SMILES string of the molecule is CCOc1ccc(NC(=O)CSc2nnc(CC(=O)Nc3cccc(Cl)c3Cl)n2CC)cc1. The number of rotatable bonds is 10. The number of nitrogens with zero attached hydrogens (tertiary/aromatic N) is 3. The van der Waals surface area contributed by atoms with E-state index in [-0.39, 0.29) is 29.0 Å². The molecule has 11 heteroatoms. The molecule has 0 unspecified atom stereocenters. The molecule has 8 nitrogen and oxygen atoms in total. The van der Waals surface area contributed by atoms with E-state index < -0.39 is 0 Å². The lowest BCUT2D eigenvalue weighted by Gasteiger charge is -2.10. The minimum absolute atomic E-state index is 0.00260. The molecule has 2 aromatic carbocycles. The Morgan fingerprint density at radius 1 is 1.03 bits per heavy atom. The van der Waals surface area contributed by atoms with Crippen molar-refractivity contribution in [2.75, 3.05) is 23.0 Å². The van der Waals surface area contributed by atoms with Gasteiger partial charge in [0.1, 0.15) is 11.6 Å². The number of halogens is 2. The Morgan fingerprint density at radius 2 is 1.79 bits per heavy atom. The molecule has 174 valence electrons. The van der Waals surface area contributed by atoms with Gasteiger partial charge in [-0.15, -0.1) is 10.2 Å². The van der Waals surface area contributed by atoms with Gasteiger partial charge in [-0.1, -0.05) is 41.0 Å². The molecule has 2 amide bonds. The van der Waals surface area contributed by atoms with Crippen molar-refractivity contribution in [3.63, 3.8) is 0 Å². The summed E-state index contributed by atoms with van der Waals surface area (Å²) < 4.78 is 7.19. The smallest absolute Gasteiger partial charge is 0.234 e. The summed E-state index contributed by atoms with van der Waals surface area (Å²) in [5.41, 5.74) is 1.11. The predicted octanol–water partition coefficient (Wildman–Crippen LogP) is 4.92. The Kier molecular flexibility index (Phi) is 8.99. The lowest BCUT2D eigenvalue weighted by molar-refractivity contribution is -0.116. The average Bonchev–Trinajstić information content (AvgIpc) is 3.18. The van der Waals surface area contributed by atoms with Crippen LogP contribution in [0.25, 0.3) is 0 Å². The van der Waals surface area contributed by atoms with E-state index in [2.05, 4.69) is 20.8 Å². The van der Waals surface area contributed by atoms with Crippen LogP contribution in [0.3, 0.4) is 0 Å². The highest BCUT2D eigenvalue weighted by molar-refractivity contribution is 7.99. The van der Waals surface area contributed by atoms with Gasteiger partial charge in [-0.05, 0) is 50.2 Å². The van der Waals surface area contributed by atoms with Crippen molar-refractivity contribution < 1.29 is 14.3 Å². The summed E-state index contributed by atoms with van der Waals surface area (Å²) in [5, 5.41) is 15.0. The molecule has 0 aliphatic carbocycles. The fourth-order valence-corrected chi connectivity index (χ4v) is 4.11. The zero-order valence-corrected chi connectivity index (χ0v) is 20.4. The first-order valence-electron chi connectivity index (χ1n) is 10.2. The summed E-state index contributed by atoms with van der Waals surface area (Å²) in [7, 11) is 0. The van der Waals surface area contributed by atoms with Gasteiger partial charge >= 0.3 is 0 Å². The second-order valence-corrected chi connectivity index (χ2v) is 8.49. The van der Waals surface area contributed by atoms with E-state index in [4.69, 9.17) is 27.9 Å². The Morgan fingerprint density at radius 3 is 2.48 bits per heavy atom. The Bertz CT molecular complexity index is 1120. The van der Waals surface area contributed by atoms with Gasteiger partial charge in [0.05, 0.1) is 34.5 Å². The number of nitrogens with one attached hydrogen (secondary N) is 2. The van der Waals surface area contributed by atoms with Crippen LogP contribution in [0.4, 0.5) is 11.4 Å². The van der Waals surface area contributed by atoms with Gasteiger partial charge in [-0.3, -0.25) is 9.59 Å². The van der Waals surface area contributed by atoms with Crippen LogP contribution in [0.5, 0.6) is 5.75 Å². The first-order valence-corrected chi connectivity index (χ1v) is 12.0. The first kappa shape index (κ1) is 24.9. The number of ether oxygens (including phenoxy) is 1. The molecular formula is C22H23Cl2N5O3S. The number of hydrogen-bond donors (Lipinski definition) is 2. The van der Waals surface area contributed by atoms with E-state index >= 15 is 0 Å². The standard InChI is InChI=1S/C22H23Cl2N5O3S/c1-3-29-18(12-19(30)26-17-7-5-6-16(23)21(17)24)27-28-22(29)33-13-20(31)25-14-8-10-15(11-9-14)32-4-2/h5-11H,3-4,12-13H2,1-2H3,(H,25,31)(H,26,30). The molecule has 3 rings (SSSR count). The molecule has 1 heterocycles. The van der Waals surface area contributed by atoms with E-state index in [1.54, 1.807) is 47.0 Å². The highest BCUT2D eigenvalue weighted by Gasteiger charge is 2.17. The maximum Gasteiger partial charge on any atom is 0.234 e. The van der Waals surface area contributed by atoms with E-state index in [0.29, 0.717) is 40.5 Å². The number of hydrogen-bond acceptors (Lipinski definition) is 6. The molecule has 0 saturated carbocycles. The molecule has 0 spiro atoms. The fraction of sp³-hybridized carbons (Fsp3) is 0.273. The predicted molar refractivity (Wildman–Crippen MR) is 131 cm³/mol. The summed E-state index contributed by atoms with van der Waals surface area (Å²) in [6, 6.07) is 12.2. The minimum Gasteiger partial charge on any atom is -0.494 e. The Hall–Kier alpha value is -2.75. The molecule has 0 fully saturated rings. The number of thioether (sulfide) groups is 1. The topological polar surface area (TPSA) is 98.1 Å². The molecule has 0 radical (unpaired) electrons. The lowest BCUT2D eigenvalue weighted by atomic mass is 10.3. The van der Waals surface area contributed by atoms with Crippen LogP contribution in [0.15, 0.2) is 47.6 Å². The average molecular weight is 508 g/mol. The largest absolute Gasteiger partial charge is 0.494 e. The quantitative estimate of drug-likeness (QED) is 0.378. The van der Waals surface area contributed by atoms with Crippen molar-refractivity contribution >= 4 is 58.2 Å². The molecule has 0 saturated heterocycles. The molecule has 0 aliphatic heterocycles. The van der Waals surface area contributed by atoms with Crippen LogP contribution in [0, 0.1) is 0 Å². The summed E-state index contributed by atoms with van der Waals surface area (Å²) in [6.45, 7) is 4.96. The van der Waals surface area contributed by atoms with Gasteiger partial charge in [-0.25, -0.2) is 0 Å². The van der Waals surface area contributed by atoms with E-state index in [0.717, 1.165) is 5.75 Å². The minimum atomic E-state index is -0.300. The highest BCUT2D eigenvalue weighted by atomic mass is 35.5. The molecule has 0 atom stereocenters. The van der Waals surface area contributed by atoms with Crippen LogP contribution in [0.1, 0.15) is 19.7 Å². The second kappa shape index (κ2) is 11.9. The summed E-state index contributed by atoms with van der Waals surface area (Å²) in [5.74, 6) is 0.906. The van der Waals surface area contributed by atoms with Gasteiger partial charge < -0.3 is 19.9 Å². The van der Waals surface area contributed by atoms with Crippen molar-refractivity contribution in [2.24, 2.45) is 0 Å². The summed E-state index contributed by atoms with van der Waals surface area (Å²) >= 11 is 13.4. The third-order valence-corrected chi connectivity index (χ3v) is 6.22. The zero-order chi connectivity index (χ0) is 23.8. The molecule has 0 aliphatic rings. The van der Waals surface area contributed by atoms with Crippen LogP contribution in [0.2, 0.25) is 10.0 Å². The van der Waals surface area contributed by atoms with Gasteiger partial charge in [0.25, 0.3) is 0 Å². The van der Waals surface area contributed by atoms with Crippen molar-refractivity contribution in [3.8, 4) is 5.75 Å². The molecule has 3 aromatic rings. The summed E-state index contributed by atoms with van der Waals surface area (Å²) in [4.78, 5) is 24.8. The Balaban J connectivity index is 1.56. The van der Waals surface area contributed by atoms with Gasteiger partial charge in [0.2, 0.25) is 11.8 Å². The van der Waals surface area contributed by atoms with Gasteiger partial charge in [0.15, 0.2) is 5.16 Å². The molecule has 2 N–H and O–H groups in total. The second-order valence-electron chi connectivity index (χ2n) is 6.76. The van der Waals surface area contributed by atoms with Crippen molar-refractivity contribution in [1.29, 1.82) is 0 Å². The molecular weight excluding hydrogens is 485 g/mol. The Labute approximate surface area is 206 Å². The van der Waals surface area contributed by atoms with Crippen LogP contribution in [-0.2, 0) is 22.6 Å². The van der Waals surface area contributed by atoms with Gasteiger partial charge in [0, 0.05) is 12.2 Å². The fourth-order valence-electron chi connectivity index (χ4n) is 2.94. The number of carbonyl (C=O) groups is 2. The molecule has 33 heavy (non-hydrogen) atoms. The van der Waals surface area contributed by atoms with Crippen LogP contribution < -0.4 is 15.4 Å². The van der Waals surface area contributed by atoms with E-state index in [1.165, 1.54) is 11.8 Å². The third kappa shape index (κ3) is 6.86. The zero-order valence-electron chi connectivity index (χ0n) is 18.1. The molecule has 1 aromatic heterocycles. The number of anilines is 2. The number of aromatic nitrogens is 3. The normalized spacial score (nSPS) is 10.7. The van der Waals surface area contributed by atoms with Crippen molar-refractivity contribution in [3.05, 3.63) is 58.3 Å². The monoisotopic (exact) mass is 507 g/mol. The van der Waals surface area contributed by atoms with Crippen molar-refractivity contribution in [2.45, 2.75) is 32.0 Å². The number of amides is 2. The maximum absolute atomic E-state index is 12.5.